The highest BCUT2D eigenvalue weighted by molar-refractivity contribution is 5.21. The minimum atomic E-state index is 1.15. The standard InChI is InChI=1S/2C34H52.C32H50.C30H46/c1-3-7-23-19(5-1)17-21-9-11-27-30-16-14-26-24-8-4-2-6-20(24)18-22-10-12-28(34(30)32(22)26)29-15-13-25(23)31(21)33(27)29;1-3-7-23-19(5-1)17-21-9-11-27-28-12-10-22-18-20-6-2-4-8-24(20)26-14-16-30(34(28)32(22)26)29-15-13-25(23)31(21)33(27)29;1-2-6-20-17-29-22(15-19(20)5-1)9-12-26-28-14-10-23-16-21-7-3-4-8-25(21)27-13-11-24(18-30(26)29)32(28)31(23)27;1-3-7-23-17(5-1)13-19-9-11-22-16-26-24-8-4-2-6-18(24)14-20-10-12-21-15-25(23)27(19)29(22)30(21)28(20)26/h2*19-34H,1-18H2;19-32H,1-18H2;17-30H,1-16H2. The Morgan fingerprint density at radius 3 is 0.492 bits per heavy atom. The molecule has 0 aromatic heterocycles. The van der Waals surface area contributed by atoms with Crippen LogP contribution >= 0.6 is 0 Å². The molecule has 0 heteroatoms. The second-order valence-electron chi connectivity index (χ2n) is 61.2. The van der Waals surface area contributed by atoms with Crippen LogP contribution in [0.1, 0.15) is 449 Å². The van der Waals surface area contributed by atoms with Crippen LogP contribution in [0.4, 0.5) is 0 Å². The highest BCUT2D eigenvalue weighted by Gasteiger charge is 2.72. The molecule has 34 rings (SSSR count). The lowest BCUT2D eigenvalue weighted by atomic mass is 9.35. The molecule has 60 unspecified atom stereocenters. The van der Waals surface area contributed by atoms with Crippen molar-refractivity contribution in [2.24, 2.45) is 355 Å². The third kappa shape index (κ3) is 13.1. The molecule has 0 aliphatic heterocycles. The molecule has 0 N–H and O–H groups in total. The van der Waals surface area contributed by atoms with Crippen molar-refractivity contribution in [2.75, 3.05) is 0 Å². The maximum Gasteiger partial charge on any atom is -0.0318 e. The Morgan fingerprint density at radius 2 is 0.208 bits per heavy atom. The van der Waals surface area contributed by atoms with Gasteiger partial charge in [-0.2, -0.15) is 0 Å². The normalized spacial score (nSPS) is 62.8. The predicted octanol–water partition coefficient (Wildman–Crippen LogP) is 34.7. The van der Waals surface area contributed by atoms with Gasteiger partial charge in [0.15, 0.2) is 0 Å². The van der Waals surface area contributed by atoms with E-state index in [1.165, 1.54) is 260 Å². The fraction of sp³-hybridized carbons (Fsp3) is 1.00. The van der Waals surface area contributed by atoms with Crippen molar-refractivity contribution in [3.63, 3.8) is 0 Å². The first kappa shape index (κ1) is 84.5. The summed E-state index contributed by atoms with van der Waals surface area (Å²) in [7, 11) is 0. The molecule has 720 valence electrons. The van der Waals surface area contributed by atoms with E-state index in [0.29, 0.717) is 0 Å². The van der Waals surface area contributed by atoms with Gasteiger partial charge in [-0.3, -0.25) is 0 Å². The number of hydrogen-bond acceptors (Lipinski definition) is 0. The van der Waals surface area contributed by atoms with Crippen molar-refractivity contribution in [3.8, 4) is 0 Å². The van der Waals surface area contributed by atoms with Crippen LogP contribution in [-0.2, 0) is 0 Å². The zero-order chi connectivity index (χ0) is 84.1. The molecular weight excluding hydrogens is 1560 g/mol. The van der Waals surface area contributed by atoms with Gasteiger partial charge in [0.05, 0.1) is 0 Å². The first-order chi connectivity index (χ1) is 64.4. The van der Waals surface area contributed by atoms with Gasteiger partial charge in [-0.05, 0) is 644 Å². The molecule has 0 saturated heterocycles. The van der Waals surface area contributed by atoms with Crippen LogP contribution in [0.25, 0.3) is 0 Å². The molecule has 130 heavy (non-hydrogen) atoms. The summed E-state index contributed by atoms with van der Waals surface area (Å²) in [5.41, 5.74) is 0. The molecule has 34 fully saturated rings. The lowest BCUT2D eigenvalue weighted by Gasteiger charge is -2.70. The quantitative estimate of drug-likeness (QED) is 0.227. The molecule has 0 amide bonds. The highest BCUT2D eigenvalue weighted by Crippen LogP contribution is 2.79. The van der Waals surface area contributed by atoms with Crippen molar-refractivity contribution in [1.82, 2.24) is 0 Å². The van der Waals surface area contributed by atoms with Gasteiger partial charge in [-0.1, -0.05) is 161 Å². The molecule has 0 heterocycles. The van der Waals surface area contributed by atoms with Crippen LogP contribution in [0.2, 0.25) is 0 Å². The van der Waals surface area contributed by atoms with Crippen LogP contribution < -0.4 is 0 Å². The zero-order valence-corrected chi connectivity index (χ0v) is 84.1. The molecule has 34 aliphatic rings. The van der Waals surface area contributed by atoms with Gasteiger partial charge in [-0.15, -0.1) is 0 Å². The number of fused-ring (bicyclic) bond motifs is 23. The molecule has 0 nitrogen and oxygen atoms in total. The molecule has 0 aromatic carbocycles. The summed E-state index contributed by atoms with van der Waals surface area (Å²) in [6.07, 6.45) is 115. The number of hydrogen-bond donors (Lipinski definition) is 0. The Bertz CT molecular complexity index is 3640. The Balaban J connectivity index is 0.0000000821. The van der Waals surface area contributed by atoms with E-state index in [9.17, 15) is 0 Å². The van der Waals surface area contributed by atoms with Gasteiger partial charge in [-0.25, -0.2) is 0 Å². The van der Waals surface area contributed by atoms with Crippen molar-refractivity contribution >= 4 is 0 Å². The second kappa shape index (κ2) is 33.8. The summed E-state index contributed by atoms with van der Waals surface area (Å²) < 4.78 is 0. The summed E-state index contributed by atoms with van der Waals surface area (Å²) >= 11 is 0. The van der Waals surface area contributed by atoms with Crippen LogP contribution in [0, 0.1) is 355 Å². The molecule has 0 spiro atoms. The third-order valence-corrected chi connectivity index (χ3v) is 59.4. The van der Waals surface area contributed by atoms with E-state index in [1.54, 1.807) is 449 Å². The van der Waals surface area contributed by atoms with Gasteiger partial charge in [0, 0.05) is 0 Å². The van der Waals surface area contributed by atoms with E-state index in [1.807, 2.05) is 0 Å². The van der Waals surface area contributed by atoms with Crippen LogP contribution in [0.15, 0.2) is 0 Å². The minimum absolute atomic E-state index is 1.15. The van der Waals surface area contributed by atoms with Crippen LogP contribution in [0.5, 0.6) is 0 Å². The van der Waals surface area contributed by atoms with Gasteiger partial charge in [0.2, 0.25) is 0 Å². The van der Waals surface area contributed by atoms with Crippen LogP contribution in [0.3, 0.4) is 0 Å². The Labute approximate surface area is 799 Å². The Morgan fingerprint density at radius 1 is 0.0615 bits per heavy atom. The molecule has 34 aliphatic carbocycles. The fourth-order valence-electron chi connectivity index (χ4n) is 57.5. The Hall–Kier alpha value is 0. The maximum atomic E-state index is 1.71. The maximum absolute atomic E-state index is 1.71. The van der Waals surface area contributed by atoms with E-state index in [-0.39, 0.29) is 0 Å². The van der Waals surface area contributed by atoms with Crippen molar-refractivity contribution in [2.45, 2.75) is 449 Å². The van der Waals surface area contributed by atoms with E-state index in [4.69, 9.17) is 0 Å². The Kier molecular flexibility index (Phi) is 22.0. The van der Waals surface area contributed by atoms with Crippen LogP contribution in [-0.4, -0.2) is 0 Å². The number of rotatable bonds is 0. The first-order valence-corrected chi connectivity index (χ1v) is 64.4. The largest absolute Gasteiger partial charge is 0.0530 e. The monoisotopic (exact) mass is 1760 g/mol. The molecule has 60 atom stereocenters. The molecular formula is C130H200. The van der Waals surface area contributed by atoms with Crippen molar-refractivity contribution < 1.29 is 0 Å². The van der Waals surface area contributed by atoms with Crippen molar-refractivity contribution in [3.05, 3.63) is 0 Å². The van der Waals surface area contributed by atoms with Gasteiger partial charge in [0.1, 0.15) is 0 Å². The topological polar surface area (TPSA) is 0 Å². The lowest BCUT2D eigenvalue weighted by Crippen LogP contribution is -2.64. The summed E-state index contributed by atoms with van der Waals surface area (Å²) in [4.78, 5) is 0. The van der Waals surface area contributed by atoms with E-state index < -0.39 is 0 Å². The van der Waals surface area contributed by atoms with Gasteiger partial charge < -0.3 is 0 Å². The van der Waals surface area contributed by atoms with E-state index >= 15 is 0 Å². The van der Waals surface area contributed by atoms with Crippen molar-refractivity contribution in [1.29, 1.82) is 0 Å². The van der Waals surface area contributed by atoms with E-state index in [0.717, 1.165) is 94.7 Å². The summed E-state index contributed by atoms with van der Waals surface area (Å²) in [6, 6.07) is 0. The smallest absolute Gasteiger partial charge is 0.0318 e. The fourth-order valence-corrected chi connectivity index (χ4v) is 57.5. The average molecular weight is 1760 g/mol. The highest BCUT2D eigenvalue weighted by atomic mass is 14.8. The predicted molar refractivity (Wildman–Crippen MR) is 533 cm³/mol. The molecule has 0 bridgehead atoms. The average Bonchev–Trinajstić information content (AvgIpc) is 0.703. The second-order valence-corrected chi connectivity index (χ2v) is 61.2. The summed E-state index contributed by atoms with van der Waals surface area (Å²) in [5, 5.41) is 0. The van der Waals surface area contributed by atoms with Gasteiger partial charge >= 0.3 is 0 Å². The minimum Gasteiger partial charge on any atom is -0.0530 e. The van der Waals surface area contributed by atoms with Gasteiger partial charge in [0.25, 0.3) is 0 Å². The zero-order valence-electron chi connectivity index (χ0n) is 84.1. The lowest BCUT2D eigenvalue weighted by molar-refractivity contribution is -0.217. The summed E-state index contributed by atoms with van der Waals surface area (Å²) in [6.45, 7) is 0. The third-order valence-electron chi connectivity index (χ3n) is 59.4. The molecule has 0 radical (unpaired) electrons. The molecule has 0 aromatic rings. The first-order valence-electron chi connectivity index (χ1n) is 64.4. The summed E-state index contributed by atoms with van der Waals surface area (Å²) in [5.74, 6) is 70.5. The van der Waals surface area contributed by atoms with E-state index in [2.05, 4.69) is 0 Å². The molecule has 34 saturated carbocycles. The SMILES string of the molecule is C1CCC2C(C1)CC1CCC3C4CCC5C6CCCCC6CC6CCC(C7CCC2C1C37)C4C65.C1CCC2C(C1)CC1CCC3C4CCC5CC6CCCCC6C6CCC(C7CCC2C1C37)C4C56.C1CCC2C(C1)CC1CCC3CC4C5CCCCC5CC5CCC6CC2C1C3C6C54.C1CCC2CC3C(CCC4C3CC3CCC5C6CCCCC6CC6CCC4C3C65)CC2C1.